The summed E-state index contributed by atoms with van der Waals surface area (Å²) in [5.74, 6) is 1.04. The molecule has 0 amide bonds. The number of rotatable bonds is 2. The van der Waals surface area contributed by atoms with Gasteiger partial charge in [-0.25, -0.2) is 4.98 Å². The van der Waals surface area contributed by atoms with Crippen LogP contribution >= 0.6 is 0 Å². The maximum atomic E-state index is 9.21. The van der Waals surface area contributed by atoms with E-state index in [9.17, 15) is 5.26 Å². The summed E-state index contributed by atoms with van der Waals surface area (Å²) in [5, 5.41) is 10.3. The monoisotopic (exact) mass is 288 g/mol. The highest BCUT2D eigenvalue weighted by molar-refractivity contribution is 5.97. The number of aromatic nitrogens is 2. The average molecular weight is 288 g/mol. The van der Waals surface area contributed by atoms with Crippen molar-refractivity contribution < 1.29 is 0 Å². The molecule has 1 aliphatic rings. The molecule has 0 saturated carbocycles. The van der Waals surface area contributed by atoms with E-state index in [-0.39, 0.29) is 0 Å². The molecule has 22 heavy (non-hydrogen) atoms. The van der Waals surface area contributed by atoms with Crippen LogP contribution in [-0.4, -0.2) is 23.1 Å². The normalized spacial score (nSPS) is 14.4. The Morgan fingerprint density at radius 3 is 2.73 bits per heavy atom. The summed E-state index contributed by atoms with van der Waals surface area (Å²) >= 11 is 0. The first-order valence-electron chi connectivity index (χ1n) is 7.59. The highest BCUT2D eigenvalue weighted by Gasteiger charge is 2.15. The van der Waals surface area contributed by atoms with E-state index in [0.29, 0.717) is 5.56 Å². The Hall–Kier alpha value is -2.80. The molecule has 0 unspecified atom stereocenters. The van der Waals surface area contributed by atoms with Crippen molar-refractivity contribution in [1.29, 1.82) is 5.26 Å². The van der Waals surface area contributed by atoms with E-state index >= 15 is 0 Å². The minimum absolute atomic E-state index is 0.666. The fourth-order valence-corrected chi connectivity index (χ4v) is 3.16. The van der Waals surface area contributed by atoms with Gasteiger partial charge < -0.3 is 9.88 Å². The highest BCUT2D eigenvalue weighted by atomic mass is 15.2. The van der Waals surface area contributed by atoms with Crippen LogP contribution in [-0.2, 0) is 0 Å². The summed E-state index contributed by atoms with van der Waals surface area (Å²) < 4.78 is 0. The van der Waals surface area contributed by atoms with Gasteiger partial charge in [-0.2, -0.15) is 5.26 Å². The SMILES string of the molecule is N#Cc1cccc2c(-c3cccc(N4CCCC4)n3)c[nH]c12. The Morgan fingerprint density at radius 2 is 1.91 bits per heavy atom. The predicted octanol–water partition coefficient (Wildman–Crippen LogP) is 3.70. The zero-order chi connectivity index (χ0) is 14.9. The summed E-state index contributed by atoms with van der Waals surface area (Å²) in [6.45, 7) is 2.17. The molecule has 3 heterocycles. The Labute approximate surface area is 129 Å². The van der Waals surface area contributed by atoms with Gasteiger partial charge >= 0.3 is 0 Å². The van der Waals surface area contributed by atoms with Crippen molar-refractivity contribution in [2.45, 2.75) is 12.8 Å². The lowest BCUT2D eigenvalue weighted by Crippen LogP contribution is -2.18. The third-order valence-electron chi connectivity index (χ3n) is 4.28. The molecule has 1 saturated heterocycles. The van der Waals surface area contributed by atoms with Gasteiger partial charge in [-0.3, -0.25) is 0 Å². The molecule has 0 aliphatic carbocycles. The van der Waals surface area contributed by atoms with Gasteiger partial charge in [0.1, 0.15) is 11.9 Å². The van der Waals surface area contributed by atoms with Gasteiger partial charge in [0.2, 0.25) is 0 Å². The molecule has 4 rings (SSSR count). The van der Waals surface area contributed by atoms with Crippen molar-refractivity contribution in [3.8, 4) is 17.3 Å². The van der Waals surface area contributed by atoms with Gasteiger partial charge in [0.25, 0.3) is 0 Å². The molecule has 4 heteroatoms. The van der Waals surface area contributed by atoms with Crippen LogP contribution in [0.15, 0.2) is 42.6 Å². The third-order valence-corrected chi connectivity index (χ3v) is 4.28. The largest absolute Gasteiger partial charge is 0.359 e. The molecule has 0 bridgehead atoms. The van der Waals surface area contributed by atoms with E-state index in [1.807, 2.05) is 30.5 Å². The van der Waals surface area contributed by atoms with Crippen molar-refractivity contribution in [1.82, 2.24) is 9.97 Å². The molecular formula is C18H16N4. The Bertz CT molecular complexity index is 866. The van der Waals surface area contributed by atoms with Gasteiger partial charge in [-0.15, -0.1) is 0 Å². The van der Waals surface area contributed by atoms with Crippen molar-refractivity contribution >= 4 is 16.7 Å². The van der Waals surface area contributed by atoms with Crippen molar-refractivity contribution in [2.24, 2.45) is 0 Å². The van der Waals surface area contributed by atoms with Gasteiger partial charge in [0, 0.05) is 30.2 Å². The van der Waals surface area contributed by atoms with Crippen LogP contribution in [0.25, 0.3) is 22.2 Å². The maximum absolute atomic E-state index is 9.21. The average Bonchev–Trinajstić information content (AvgIpc) is 3.24. The summed E-state index contributed by atoms with van der Waals surface area (Å²) in [5.41, 5.74) is 3.55. The smallest absolute Gasteiger partial charge is 0.129 e. The fourth-order valence-electron chi connectivity index (χ4n) is 3.16. The summed E-state index contributed by atoms with van der Waals surface area (Å²) in [4.78, 5) is 10.4. The molecule has 2 aromatic heterocycles. The zero-order valence-corrected chi connectivity index (χ0v) is 12.2. The third kappa shape index (κ3) is 2.03. The van der Waals surface area contributed by atoms with Crippen LogP contribution < -0.4 is 4.90 Å². The van der Waals surface area contributed by atoms with Crippen molar-refractivity contribution in [3.63, 3.8) is 0 Å². The first kappa shape index (κ1) is 12.9. The Morgan fingerprint density at radius 1 is 1.09 bits per heavy atom. The summed E-state index contributed by atoms with van der Waals surface area (Å²) in [6.07, 6.45) is 4.43. The van der Waals surface area contributed by atoms with Crippen LogP contribution in [0.4, 0.5) is 5.82 Å². The molecule has 0 atom stereocenters. The molecule has 1 aliphatic heterocycles. The van der Waals surface area contributed by atoms with Crippen molar-refractivity contribution in [3.05, 3.63) is 48.2 Å². The minimum Gasteiger partial charge on any atom is -0.359 e. The van der Waals surface area contributed by atoms with Crippen LogP contribution in [0.5, 0.6) is 0 Å². The second-order valence-corrected chi connectivity index (χ2v) is 5.62. The second-order valence-electron chi connectivity index (χ2n) is 5.62. The number of pyridine rings is 1. The fraction of sp³-hybridized carbons (Fsp3) is 0.222. The predicted molar refractivity (Wildman–Crippen MR) is 87.7 cm³/mol. The number of nitrogens with zero attached hydrogens (tertiary/aromatic N) is 3. The number of aromatic amines is 1. The number of para-hydroxylation sites is 1. The van der Waals surface area contributed by atoms with Crippen LogP contribution in [0.3, 0.4) is 0 Å². The standard InChI is InChI=1S/C18H16N4/c19-11-13-5-3-6-14-15(12-20-18(13)14)16-7-4-8-17(21-16)22-9-1-2-10-22/h3-8,12,20H,1-2,9-10H2. The molecule has 4 nitrogen and oxygen atoms in total. The maximum Gasteiger partial charge on any atom is 0.129 e. The van der Waals surface area contributed by atoms with Gasteiger partial charge in [-0.05, 0) is 31.0 Å². The molecule has 1 fully saturated rings. The molecule has 1 N–H and O–H groups in total. The van der Waals surface area contributed by atoms with E-state index in [4.69, 9.17) is 4.98 Å². The Balaban J connectivity index is 1.82. The number of fused-ring (bicyclic) bond motifs is 1. The first-order chi connectivity index (χ1) is 10.9. The van der Waals surface area contributed by atoms with Gasteiger partial charge in [0.15, 0.2) is 0 Å². The minimum atomic E-state index is 0.666. The quantitative estimate of drug-likeness (QED) is 0.782. The molecule has 0 radical (unpaired) electrons. The van der Waals surface area contributed by atoms with Crippen LogP contribution in [0.2, 0.25) is 0 Å². The second kappa shape index (κ2) is 5.19. The van der Waals surface area contributed by atoms with Crippen molar-refractivity contribution in [2.75, 3.05) is 18.0 Å². The number of hydrogen-bond acceptors (Lipinski definition) is 3. The first-order valence-corrected chi connectivity index (χ1v) is 7.59. The van der Waals surface area contributed by atoms with E-state index in [2.05, 4.69) is 28.1 Å². The number of hydrogen-bond donors (Lipinski definition) is 1. The zero-order valence-electron chi connectivity index (χ0n) is 12.2. The van der Waals surface area contributed by atoms with E-state index in [1.165, 1.54) is 12.8 Å². The lowest BCUT2D eigenvalue weighted by molar-refractivity contribution is 0.939. The number of benzene rings is 1. The summed E-state index contributed by atoms with van der Waals surface area (Å²) in [6, 6.07) is 14.2. The lowest BCUT2D eigenvalue weighted by Gasteiger charge is -2.16. The van der Waals surface area contributed by atoms with Crippen LogP contribution in [0, 0.1) is 11.3 Å². The number of anilines is 1. The molecule has 0 spiro atoms. The Kier molecular flexibility index (Phi) is 3.05. The topological polar surface area (TPSA) is 55.7 Å². The van der Waals surface area contributed by atoms with Gasteiger partial charge in [0.05, 0.1) is 16.8 Å². The molecule has 108 valence electrons. The lowest BCUT2D eigenvalue weighted by atomic mass is 10.1. The number of H-pyrrole nitrogens is 1. The van der Waals surface area contributed by atoms with Crippen LogP contribution in [0.1, 0.15) is 18.4 Å². The molecule has 1 aromatic carbocycles. The van der Waals surface area contributed by atoms with E-state index in [1.54, 1.807) is 0 Å². The number of nitriles is 1. The molecular weight excluding hydrogens is 272 g/mol. The molecule has 3 aromatic rings. The van der Waals surface area contributed by atoms with E-state index in [0.717, 1.165) is 41.1 Å². The van der Waals surface area contributed by atoms with Gasteiger partial charge in [-0.1, -0.05) is 18.2 Å². The number of nitrogens with one attached hydrogen (secondary N) is 1. The summed E-state index contributed by atoms with van der Waals surface area (Å²) in [7, 11) is 0. The highest BCUT2D eigenvalue weighted by Crippen LogP contribution is 2.30. The van der Waals surface area contributed by atoms with E-state index < -0.39 is 0 Å².